The van der Waals surface area contributed by atoms with E-state index in [1.165, 1.54) is 0 Å². The van der Waals surface area contributed by atoms with Crippen molar-refractivity contribution in [2.24, 2.45) is 0 Å². The smallest absolute Gasteiger partial charge is 0.288 e. The van der Waals surface area contributed by atoms with Crippen LogP contribution in [-0.4, -0.2) is 39.9 Å². The van der Waals surface area contributed by atoms with Gasteiger partial charge in [-0.25, -0.2) is 5.10 Å². The standard InChI is InChI=1S/C19H22N4O3/c24-17(20-11-13-5-4-10-26-13)8-3-9-23-16-7-2-1-6-14(16)15-12-21-22-19(25)18(15)23/h1-2,6-7,12-13H,3-5,8-11H2,(H,20,24)(H,22,25)/t13-/m0/s1. The molecule has 7 nitrogen and oxygen atoms in total. The molecule has 3 heterocycles. The molecule has 1 atom stereocenters. The molecule has 1 aromatic carbocycles. The number of hydrogen-bond donors (Lipinski definition) is 2. The summed E-state index contributed by atoms with van der Waals surface area (Å²) in [6, 6.07) is 7.88. The predicted molar refractivity (Wildman–Crippen MR) is 99.1 cm³/mol. The molecule has 0 unspecified atom stereocenters. The molecular weight excluding hydrogens is 332 g/mol. The number of hydrogen-bond acceptors (Lipinski definition) is 4. The van der Waals surface area contributed by atoms with Crippen LogP contribution in [0.5, 0.6) is 0 Å². The van der Waals surface area contributed by atoms with Gasteiger partial charge in [0.2, 0.25) is 5.91 Å². The highest BCUT2D eigenvalue weighted by molar-refractivity contribution is 6.07. The number of amides is 1. The fraction of sp³-hybridized carbons (Fsp3) is 0.421. The third kappa shape index (κ3) is 3.22. The third-order valence-electron chi connectivity index (χ3n) is 4.92. The van der Waals surface area contributed by atoms with Gasteiger partial charge in [-0.1, -0.05) is 18.2 Å². The molecule has 4 rings (SSSR count). The van der Waals surface area contributed by atoms with Crippen LogP contribution in [0.2, 0.25) is 0 Å². The van der Waals surface area contributed by atoms with Gasteiger partial charge in [0.15, 0.2) is 0 Å². The molecular formula is C19H22N4O3. The van der Waals surface area contributed by atoms with E-state index < -0.39 is 0 Å². The van der Waals surface area contributed by atoms with E-state index in [4.69, 9.17) is 4.74 Å². The number of carbonyl (C=O) groups is 1. The zero-order chi connectivity index (χ0) is 17.9. The number of benzene rings is 1. The van der Waals surface area contributed by atoms with Crippen LogP contribution in [0.15, 0.2) is 35.3 Å². The van der Waals surface area contributed by atoms with Gasteiger partial charge in [0.05, 0.1) is 12.3 Å². The third-order valence-corrected chi connectivity index (χ3v) is 4.92. The van der Waals surface area contributed by atoms with E-state index in [0.717, 1.165) is 35.7 Å². The fourth-order valence-corrected chi connectivity index (χ4v) is 3.67. The van der Waals surface area contributed by atoms with Crippen molar-refractivity contribution < 1.29 is 9.53 Å². The second-order valence-electron chi connectivity index (χ2n) is 6.67. The van der Waals surface area contributed by atoms with Crippen LogP contribution in [0.4, 0.5) is 0 Å². The van der Waals surface area contributed by atoms with Gasteiger partial charge in [0.25, 0.3) is 5.56 Å². The highest BCUT2D eigenvalue weighted by Gasteiger charge is 2.17. The van der Waals surface area contributed by atoms with E-state index in [1.807, 2.05) is 28.8 Å². The highest BCUT2D eigenvalue weighted by atomic mass is 16.5. The molecule has 0 radical (unpaired) electrons. The van der Waals surface area contributed by atoms with Crippen molar-refractivity contribution in [2.45, 2.75) is 38.3 Å². The summed E-state index contributed by atoms with van der Waals surface area (Å²) in [5, 5.41) is 11.2. The number of aromatic amines is 1. The van der Waals surface area contributed by atoms with Crippen LogP contribution in [0.25, 0.3) is 21.8 Å². The molecule has 2 aromatic heterocycles. The predicted octanol–water partition coefficient (Wildman–Crippen LogP) is 1.95. The lowest BCUT2D eigenvalue weighted by Gasteiger charge is -2.11. The molecule has 136 valence electrons. The fourth-order valence-electron chi connectivity index (χ4n) is 3.67. The summed E-state index contributed by atoms with van der Waals surface area (Å²) in [6.45, 7) is 1.97. The van der Waals surface area contributed by atoms with Gasteiger partial charge in [-0.2, -0.15) is 5.10 Å². The van der Waals surface area contributed by atoms with Crippen LogP contribution in [0.1, 0.15) is 25.7 Å². The van der Waals surface area contributed by atoms with Crippen molar-refractivity contribution >= 4 is 27.7 Å². The molecule has 1 aliphatic heterocycles. The minimum atomic E-state index is -0.207. The highest BCUT2D eigenvalue weighted by Crippen LogP contribution is 2.26. The zero-order valence-electron chi connectivity index (χ0n) is 14.5. The van der Waals surface area contributed by atoms with Gasteiger partial charge < -0.3 is 14.6 Å². The molecule has 0 spiro atoms. The number of rotatable bonds is 6. The first-order valence-corrected chi connectivity index (χ1v) is 9.07. The number of H-pyrrole nitrogens is 1. The second kappa shape index (κ2) is 7.29. The molecule has 0 aliphatic carbocycles. The SMILES string of the molecule is O=C(CCCn1c2ccccc2c2cn[nH]c(=O)c21)NC[C@@H]1CCCO1. The summed E-state index contributed by atoms with van der Waals surface area (Å²) in [5.41, 5.74) is 1.39. The average molecular weight is 354 g/mol. The number of fused-ring (bicyclic) bond motifs is 3. The first-order chi connectivity index (χ1) is 12.7. The van der Waals surface area contributed by atoms with E-state index >= 15 is 0 Å². The maximum atomic E-state index is 12.3. The minimum absolute atomic E-state index is 0.0249. The average Bonchev–Trinajstić information content (AvgIpc) is 3.28. The minimum Gasteiger partial charge on any atom is -0.376 e. The Hall–Kier alpha value is -2.67. The number of aryl methyl sites for hydroxylation is 1. The summed E-state index contributed by atoms with van der Waals surface area (Å²) in [7, 11) is 0. The van der Waals surface area contributed by atoms with Crippen molar-refractivity contribution in [3.63, 3.8) is 0 Å². The van der Waals surface area contributed by atoms with E-state index in [-0.39, 0.29) is 17.6 Å². The van der Waals surface area contributed by atoms with Crippen LogP contribution < -0.4 is 10.9 Å². The van der Waals surface area contributed by atoms with Crippen molar-refractivity contribution in [2.75, 3.05) is 13.2 Å². The molecule has 1 fully saturated rings. The number of nitrogens with one attached hydrogen (secondary N) is 2. The van der Waals surface area contributed by atoms with E-state index in [9.17, 15) is 9.59 Å². The first kappa shape index (κ1) is 16.8. The van der Waals surface area contributed by atoms with E-state index in [2.05, 4.69) is 15.5 Å². The lowest BCUT2D eigenvalue weighted by molar-refractivity contribution is -0.121. The zero-order valence-corrected chi connectivity index (χ0v) is 14.5. The van der Waals surface area contributed by atoms with Gasteiger partial charge in [0, 0.05) is 42.4 Å². The van der Waals surface area contributed by atoms with Crippen LogP contribution >= 0.6 is 0 Å². The second-order valence-corrected chi connectivity index (χ2v) is 6.67. The molecule has 7 heteroatoms. The Bertz CT molecular complexity index is 985. The molecule has 0 saturated carbocycles. The molecule has 3 aromatic rings. The van der Waals surface area contributed by atoms with Gasteiger partial charge in [-0.15, -0.1) is 0 Å². The number of para-hydroxylation sites is 1. The maximum Gasteiger partial charge on any atom is 0.288 e. The number of nitrogens with zero attached hydrogens (tertiary/aromatic N) is 2. The van der Waals surface area contributed by atoms with Crippen molar-refractivity contribution in [1.29, 1.82) is 0 Å². The summed E-state index contributed by atoms with van der Waals surface area (Å²) in [4.78, 5) is 24.4. The maximum absolute atomic E-state index is 12.3. The normalized spacial score (nSPS) is 17.2. The van der Waals surface area contributed by atoms with Crippen LogP contribution in [0, 0.1) is 0 Å². The molecule has 0 bridgehead atoms. The Morgan fingerprint density at radius 2 is 2.23 bits per heavy atom. The Kier molecular flexibility index (Phi) is 4.71. The summed E-state index contributed by atoms with van der Waals surface area (Å²) in [6.07, 6.45) is 5.00. The number of ether oxygens (including phenoxy) is 1. The molecule has 2 N–H and O–H groups in total. The number of carbonyl (C=O) groups excluding carboxylic acids is 1. The quantitative estimate of drug-likeness (QED) is 0.708. The summed E-state index contributed by atoms with van der Waals surface area (Å²) in [5.74, 6) is 0.0249. The Labute approximate surface area is 150 Å². The van der Waals surface area contributed by atoms with Gasteiger partial charge in [0.1, 0.15) is 5.52 Å². The van der Waals surface area contributed by atoms with Crippen molar-refractivity contribution in [3.8, 4) is 0 Å². The van der Waals surface area contributed by atoms with Crippen LogP contribution in [-0.2, 0) is 16.1 Å². The largest absolute Gasteiger partial charge is 0.376 e. The lowest BCUT2D eigenvalue weighted by Crippen LogP contribution is -2.31. The van der Waals surface area contributed by atoms with Gasteiger partial charge >= 0.3 is 0 Å². The topological polar surface area (TPSA) is 89.0 Å². The molecule has 26 heavy (non-hydrogen) atoms. The van der Waals surface area contributed by atoms with Gasteiger partial charge in [-0.3, -0.25) is 9.59 Å². The van der Waals surface area contributed by atoms with Crippen molar-refractivity contribution in [3.05, 3.63) is 40.8 Å². The Morgan fingerprint density at radius 1 is 1.35 bits per heavy atom. The Morgan fingerprint density at radius 3 is 3.08 bits per heavy atom. The first-order valence-electron chi connectivity index (χ1n) is 9.07. The van der Waals surface area contributed by atoms with Crippen molar-refractivity contribution in [1.82, 2.24) is 20.1 Å². The monoisotopic (exact) mass is 354 g/mol. The van der Waals surface area contributed by atoms with Gasteiger partial charge in [-0.05, 0) is 25.3 Å². The molecule has 1 saturated heterocycles. The molecule has 1 aliphatic rings. The summed E-state index contributed by atoms with van der Waals surface area (Å²) < 4.78 is 7.50. The molecule has 1 amide bonds. The Balaban J connectivity index is 1.46. The number of aromatic nitrogens is 3. The van der Waals surface area contributed by atoms with E-state index in [1.54, 1.807) is 6.20 Å². The van der Waals surface area contributed by atoms with E-state index in [0.29, 0.717) is 31.4 Å². The lowest BCUT2D eigenvalue weighted by atomic mass is 10.2. The summed E-state index contributed by atoms with van der Waals surface area (Å²) >= 11 is 0. The van der Waals surface area contributed by atoms with Crippen LogP contribution in [0.3, 0.4) is 0 Å².